The molecule has 1 N–H and O–H groups in total. The Morgan fingerprint density at radius 3 is 2.38 bits per heavy atom. The first kappa shape index (κ1) is 13.8. The van der Waals surface area contributed by atoms with Gasteiger partial charge in [0.2, 0.25) is 0 Å². The molecule has 2 aromatic rings. The van der Waals surface area contributed by atoms with Crippen LogP contribution < -0.4 is 5.32 Å². The van der Waals surface area contributed by atoms with Crippen LogP contribution in [0.1, 0.15) is 11.7 Å². The van der Waals surface area contributed by atoms with Gasteiger partial charge in [0.15, 0.2) is 6.10 Å². The molecule has 0 aromatic heterocycles. The van der Waals surface area contributed by atoms with Crippen LogP contribution in [0.2, 0.25) is 0 Å². The third-order valence-electron chi connectivity index (χ3n) is 3.23. The second-order valence-corrected chi connectivity index (χ2v) is 4.93. The number of para-hydroxylation sites is 1. The molecule has 1 aliphatic heterocycles. The molecular weight excluding hydrogens is 266 g/mol. The summed E-state index contributed by atoms with van der Waals surface area (Å²) in [7, 11) is 0. The minimum atomic E-state index is -0.629. The molecule has 1 heterocycles. The Balaban J connectivity index is 1.72. The van der Waals surface area contributed by atoms with Gasteiger partial charge in [-0.2, -0.15) is 0 Å². The number of rotatable bonds is 6. The number of benzene rings is 2. The van der Waals surface area contributed by atoms with E-state index in [-0.39, 0.29) is 12.0 Å². The van der Waals surface area contributed by atoms with Crippen molar-refractivity contribution < 1.29 is 14.3 Å². The highest BCUT2D eigenvalue weighted by atomic mass is 16.6. The SMILES string of the molecule is O=C(Nc1ccccc1)C(OCC1CO1)c1ccccc1. The smallest absolute Gasteiger partial charge is 0.258 e. The van der Waals surface area contributed by atoms with Gasteiger partial charge in [-0.25, -0.2) is 0 Å². The first-order valence-corrected chi connectivity index (χ1v) is 6.97. The minimum absolute atomic E-state index is 0.126. The number of carbonyl (C=O) groups is 1. The molecule has 0 radical (unpaired) electrons. The van der Waals surface area contributed by atoms with E-state index in [9.17, 15) is 4.79 Å². The van der Waals surface area contributed by atoms with Gasteiger partial charge in [0.25, 0.3) is 5.91 Å². The van der Waals surface area contributed by atoms with Crippen molar-refractivity contribution in [2.45, 2.75) is 12.2 Å². The maximum absolute atomic E-state index is 12.5. The molecule has 4 nitrogen and oxygen atoms in total. The van der Waals surface area contributed by atoms with Gasteiger partial charge < -0.3 is 14.8 Å². The quantitative estimate of drug-likeness (QED) is 0.829. The maximum Gasteiger partial charge on any atom is 0.258 e. The van der Waals surface area contributed by atoms with E-state index < -0.39 is 6.10 Å². The molecule has 1 amide bonds. The standard InChI is InChI=1S/C17H17NO3/c19-17(18-14-9-5-2-6-10-14)16(21-12-15-11-20-15)13-7-3-1-4-8-13/h1-10,15-16H,11-12H2,(H,18,19). The summed E-state index contributed by atoms with van der Waals surface area (Å²) in [6.07, 6.45) is -0.503. The van der Waals surface area contributed by atoms with E-state index in [0.29, 0.717) is 13.2 Å². The van der Waals surface area contributed by atoms with Gasteiger partial charge in [0.1, 0.15) is 6.10 Å². The second kappa shape index (κ2) is 6.52. The van der Waals surface area contributed by atoms with Crippen molar-refractivity contribution in [1.29, 1.82) is 0 Å². The molecule has 21 heavy (non-hydrogen) atoms. The van der Waals surface area contributed by atoms with Crippen molar-refractivity contribution in [1.82, 2.24) is 0 Å². The van der Waals surface area contributed by atoms with E-state index in [0.717, 1.165) is 11.3 Å². The number of anilines is 1. The van der Waals surface area contributed by atoms with Crippen molar-refractivity contribution in [3.8, 4) is 0 Å². The van der Waals surface area contributed by atoms with Gasteiger partial charge in [-0.1, -0.05) is 48.5 Å². The highest BCUT2D eigenvalue weighted by Gasteiger charge is 2.28. The second-order valence-electron chi connectivity index (χ2n) is 4.93. The van der Waals surface area contributed by atoms with E-state index in [1.807, 2.05) is 60.7 Å². The Kier molecular flexibility index (Phi) is 4.28. The summed E-state index contributed by atoms with van der Waals surface area (Å²) in [6, 6.07) is 18.9. The Hall–Kier alpha value is -2.17. The fraction of sp³-hybridized carbons (Fsp3) is 0.235. The third-order valence-corrected chi connectivity index (χ3v) is 3.23. The molecule has 108 valence electrons. The average Bonchev–Trinajstić information content (AvgIpc) is 3.34. The zero-order valence-electron chi connectivity index (χ0n) is 11.6. The van der Waals surface area contributed by atoms with E-state index in [1.165, 1.54) is 0 Å². The molecule has 1 saturated heterocycles. The summed E-state index contributed by atoms with van der Waals surface area (Å²) in [5, 5.41) is 2.88. The molecule has 0 spiro atoms. The number of hydrogen-bond acceptors (Lipinski definition) is 3. The van der Waals surface area contributed by atoms with Gasteiger partial charge >= 0.3 is 0 Å². The predicted molar refractivity (Wildman–Crippen MR) is 79.9 cm³/mol. The predicted octanol–water partition coefficient (Wildman–Crippen LogP) is 2.78. The summed E-state index contributed by atoms with van der Waals surface area (Å²) >= 11 is 0. The zero-order valence-corrected chi connectivity index (χ0v) is 11.6. The zero-order chi connectivity index (χ0) is 14.5. The van der Waals surface area contributed by atoms with E-state index in [2.05, 4.69) is 5.32 Å². The molecule has 0 bridgehead atoms. The largest absolute Gasteiger partial charge is 0.371 e. The van der Waals surface area contributed by atoms with Crippen LogP contribution in [-0.4, -0.2) is 25.2 Å². The summed E-state index contributed by atoms with van der Waals surface area (Å²) in [4.78, 5) is 12.5. The van der Waals surface area contributed by atoms with E-state index in [1.54, 1.807) is 0 Å². The van der Waals surface area contributed by atoms with E-state index in [4.69, 9.17) is 9.47 Å². The van der Waals surface area contributed by atoms with Crippen molar-refractivity contribution in [2.75, 3.05) is 18.5 Å². The van der Waals surface area contributed by atoms with Crippen LogP contribution in [0.25, 0.3) is 0 Å². The first-order valence-electron chi connectivity index (χ1n) is 6.97. The summed E-state index contributed by atoms with van der Waals surface area (Å²) in [6.45, 7) is 1.14. The van der Waals surface area contributed by atoms with Crippen molar-refractivity contribution in [3.05, 3.63) is 66.2 Å². The average molecular weight is 283 g/mol. The number of epoxide rings is 1. The highest BCUT2D eigenvalue weighted by molar-refractivity contribution is 5.94. The monoisotopic (exact) mass is 283 g/mol. The molecule has 2 unspecified atom stereocenters. The molecule has 2 aromatic carbocycles. The molecule has 1 aliphatic rings. The minimum Gasteiger partial charge on any atom is -0.371 e. The summed E-state index contributed by atoms with van der Waals surface area (Å²) in [5.41, 5.74) is 1.60. The van der Waals surface area contributed by atoms with Crippen LogP contribution in [-0.2, 0) is 14.3 Å². The summed E-state index contributed by atoms with van der Waals surface area (Å²) < 4.78 is 10.9. The lowest BCUT2D eigenvalue weighted by atomic mass is 10.1. The van der Waals surface area contributed by atoms with Gasteiger partial charge in [0, 0.05) is 5.69 Å². The third kappa shape index (κ3) is 3.90. The van der Waals surface area contributed by atoms with Crippen molar-refractivity contribution in [2.24, 2.45) is 0 Å². The van der Waals surface area contributed by atoms with Gasteiger partial charge in [-0.15, -0.1) is 0 Å². The molecule has 2 atom stereocenters. The molecule has 0 saturated carbocycles. The highest BCUT2D eigenvalue weighted by Crippen LogP contribution is 2.22. The summed E-state index contributed by atoms with van der Waals surface area (Å²) in [5.74, 6) is -0.173. The molecular formula is C17H17NO3. The molecule has 0 aliphatic carbocycles. The Morgan fingerprint density at radius 2 is 1.76 bits per heavy atom. The molecule has 1 fully saturated rings. The lowest BCUT2D eigenvalue weighted by Gasteiger charge is -2.17. The van der Waals surface area contributed by atoms with Crippen LogP contribution >= 0.6 is 0 Å². The molecule has 3 rings (SSSR count). The number of hydrogen-bond donors (Lipinski definition) is 1. The fourth-order valence-corrected chi connectivity index (χ4v) is 2.05. The van der Waals surface area contributed by atoms with Gasteiger partial charge in [0.05, 0.1) is 13.2 Å². The van der Waals surface area contributed by atoms with Crippen LogP contribution in [0.4, 0.5) is 5.69 Å². The number of ether oxygens (including phenoxy) is 2. The van der Waals surface area contributed by atoms with Crippen LogP contribution in [0.3, 0.4) is 0 Å². The van der Waals surface area contributed by atoms with E-state index >= 15 is 0 Å². The normalized spacial score (nSPS) is 18.0. The fourth-order valence-electron chi connectivity index (χ4n) is 2.05. The number of carbonyl (C=O) groups excluding carboxylic acids is 1. The van der Waals surface area contributed by atoms with Crippen LogP contribution in [0, 0.1) is 0 Å². The van der Waals surface area contributed by atoms with Gasteiger partial charge in [-0.3, -0.25) is 4.79 Å². The lowest BCUT2D eigenvalue weighted by molar-refractivity contribution is -0.128. The Bertz CT molecular complexity index is 581. The topological polar surface area (TPSA) is 50.9 Å². The molecule has 4 heteroatoms. The Labute approximate surface area is 123 Å². The Morgan fingerprint density at radius 1 is 1.14 bits per heavy atom. The van der Waals surface area contributed by atoms with Gasteiger partial charge in [-0.05, 0) is 17.7 Å². The number of nitrogens with one attached hydrogen (secondary N) is 1. The van der Waals surface area contributed by atoms with Crippen LogP contribution in [0.15, 0.2) is 60.7 Å². The van der Waals surface area contributed by atoms with Crippen molar-refractivity contribution in [3.63, 3.8) is 0 Å². The van der Waals surface area contributed by atoms with Crippen molar-refractivity contribution >= 4 is 11.6 Å². The number of amides is 1. The van der Waals surface area contributed by atoms with Crippen LogP contribution in [0.5, 0.6) is 0 Å². The first-order chi connectivity index (χ1) is 10.3. The maximum atomic E-state index is 12.5. The lowest BCUT2D eigenvalue weighted by Crippen LogP contribution is -2.24.